The molecule has 0 amide bonds. The van der Waals surface area contributed by atoms with Crippen molar-refractivity contribution >= 4 is 26.7 Å². The zero-order valence-corrected chi connectivity index (χ0v) is 13.0. The standard InChI is InChI=1S/C18H12BrNO/c1-12-6-8-14(19)10-18(12)21-17-9-7-13(11-20)15-4-2-3-5-16(15)17/h2-10H,1H3. The van der Waals surface area contributed by atoms with Crippen LogP contribution in [-0.4, -0.2) is 0 Å². The van der Waals surface area contributed by atoms with Gasteiger partial charge in [0.1, 0.15) is 11.5 Å². The molecule has 0 saturated carbocycles. The molecule has 0 bridgehead atoms. The lowest BCUT2D eigenvalue weighted by molar-refractivity contribution is 0.484. The van der Waals surface area contributed by atoms with Crippen molar-refractivity contribution in [1.82, 2.24) is 0 Å². The molecule has 102 valence electrons. The average molecular weight is 338 g/mol. The summed E-state index contributed by atoms with van der Waals surface area (Å²) in [7, 11) is 0. The molecule has 3 heteroatoms. The van der Waals surface area contributed by atoms with E-state index >= 15 is 0 Å². The van der Waals surface area contributed by atoms with Crippen LogP contribution in [0.15, 0.2) is 59.1 Å². The van der Waals surface area contributed by atoms with Crippen LogP contribution in [0.4, 0.5) is 0 Å². The Labute approximate surface area is 131 Å². The third kappa shape index (κ3) is 2.63. The number of aryl methyl sites for hydroxylation is 1. The Kier molecular flexibility index (Phi) is 3.64. The van der Waals surface area contributed by atoms with Gasteiger partial charge >= 0.3 is 0 Å². The van der Waals surface area contributed by atoms with E-state index in [1.807, 2.05) is 55.5 Å². The van der Waals surface area contributed by atoms with Crippen molar-refractivity contribution in [2.45, 2.75) is 6.92 Å². The molecule has 3 aromatic carbocycles. The van der Waals surface area contributed by atoms with Gasteiger partial charge in [-0.25, -0.2) is 0 Å². The summed E-state index contributed by atoms with van der Waals surface area (Å²) in [5.41, 5.74) is 1.72. The zero-order chi connectivity index (χ0) is 14.8. The number of hydrogen-bond acceptors (Lipinski definition) is 2. The lowest BCUT2D eigenvalue weighted by atomic mass is 10.0. The van der Waals surface area contributed by atoms with Crippen LogP contribution in [0, 0.1) is 18.3 Å². The second-order valence-electron chi connectivity index (χ2n) is 4.78. The van der Waals surface area contributed by atoms with E-state index in [0.29, 0.717) is 5.56 Å². The first kappa shape index (κ1) is 13.7. The molecule has 0 heterocycles. The van der Waals surface area contributed by atoms with Crippen molar-refractivity contribution < 1.29 is 4.74 Å². The number of nitriles is 1. The highest BCUT2D eigenvalue weighted by Crippen LogP contribution is 2.34. The summed E-state index contributed by atoms with van der Waals surface area (Å²) in [5, 5.41) is 11.0. The third-order valence-electron chi connectivity index (χ3n) is 3.37. The number of fused-ring (bicyclic) bond motifs is 1. The molecule has 0 unspecified atom stereocenters. The lowest BCUT2D eigenvalue weighted by Crippen LogP contribution is -1.90. The molecule has 3 aromatic rings. The highest BCUT2D eigenvalue weighted by Gasteiger charge is 2.09. The van der Waals surface area contributed by atoms with Gasteiger partial charge in [-0.3, -0.25) is 0 Å². The summed E-state index contributed by atoms with van der Waals surface area (Å²) in [4.78, 5) is 0. The van der Waals surface area contributed by atoms with Crippen molar-refractivity contribution in [2.75, 3.05) is 0 Å². The Morgan fingerprint density at radius 1 is 0.952 bits per heavy atom. The summed E-state index contributed by atoms with van der Waals surface area (Å²) in [6.07, 6.45) is 0. The van der Waals surface area contributed by atoms with Crippen molar-refractivity contribution in [2.24, 2.45) is 0 Å². The van der Waals surface area contributed by atoms with E-state index in [2.05, 4.69) is 22.0 Å². The molecule has 0 saturated heterocycles. The number of halogens is 1. The van der Waals surface area contributed by atoms with E-state index in [1.165, 1.54) is 0 Å². The van der Waals surface area contributed by atoms with E-state index in [-0.39, 0.29) is 0 Å². The summed E-state index contributed by atoms with van der Waals surface area (Å²) in [6.45, 7) is 2.01. The molecule has 0 spiro atoms. The number of hydrogen-bond donors (Lipinski definition) is 0. The van der Waals surface area contributed by atoms with Gasteiger partial charge < -0.3 is 4.74 Å². The van der Waals surface area contributed by atoms with Crippen LogP contribution < -0.4 is 4.74 Å². The largest absolute Gasteiger partial charge is 0.456 e. The second kappa shape index (κ2) is 5.59. The maximum absolute atomic E-state index is 9.20. The highest BCUT2D eigenvalue weighted by atomic mass is 79.9. The summed E-state index contributed by atoms with van der Waals surface area (Å²) in [5.74, 6) is 1.56. The molecule has 3 rings (SSSR count). The maximum atomic E-state index is 9.20. The lowest BCUT2D eigenvalue weighted by Gasteiger charge is -2.12. The highest BCUT2D eigenvalue weighted by molar-refractivity contribution is 9.10. The first-order chi connectivity index (χ1) is 10.2. The van der Waals surface area contributed by atoms with Crippen molar-refractivity contribution in [3.63, 3.8) is 0 Å². The molecular formula is C18H12BrNO. The second-order valence-corrected chi connectivity index (χ2v) is 5.70. The van der Waals surface area contributed by atoms with Crippen molar-refractivity contribution in [1.29, 1.82) is 5.26 Å². The molecule has 0 radical (unpaired) electrons. The fourth-order valence-corrected chi connectivity index (χ4v) is 2.60. The van der Waals surface area contributed by atoms with E-state index in [0.717, 1.165) is 32.3 Å². The van der Waals surface area contributed by atoms with E-state index in [9.17, 15) is 5.26 Å². The number of benzene rings is 3. The van der Waals surface area contributed by atoms with Gasteiger partial charge in [-0.1, -0.05) is 46.3 Å². The molecule has 21 heavy (non-hydrogen) atoms. The van der Waals surface area contributed by atoms with Crippen LogP contribution >= 0.6 is 15.9 Å². The van der Waals surface area contributed by atoms with Gasteiger partial charge in [0.15, 0.2) is 0 Å². The van der Waals surface area contributed by atoms with E-state index in [1.54, 1.807) is 6.07 Å². The summed E-state index contributed by atoms with van der Waals surface area (Å²) >= 11 is 3.46. The quantitative estimate of drug-likeness (QED) is 0.611. The van der Waals surface area contributed by atoms with Crippen LogP contribution in [0.1, 0.15) is 11.1 Å². The predicted octanol–water partition coefficient (Wildman–Crippen LogP) is 5.57. The minimum Gasteiger partial charge on any atom is -0.456 e. The summed E-state index contributed by atoms with van der Waals surface area (Å²) < 4.78 is 7.04. The molecule has 0 fully saturated rings. The molecule has 0 N–H and O–H groups in total. The predicted molar refractivity (Wildman–Crippen MR) is 87.6 cm³/mol. The number of nitrogens with zero attached hydrogens (tertiary/aromatic N) is 1. The van der Waals surface area contributed by atoms with Gasteiger partial charge in [-0.2, -0.15) is 5.26 Å². The Bertz CT molecular complexity index is 865. The maximum Gasteiger partial charge on any atom is 0.135 e. The van der Waals surface area contributed by atoms with Crippen LogP contribution in [0.2, 0.25) is 0 Å². The Morgan fingerprint density at radius 3 is 2.48 bits per heavy atom. The van der Waals surface area contributed by atoms with E-state index in [4.69, 9.17) is 4.74 Å². The van der Waals surface area contributed by atoms with Gasteiger partial charge in [-0.15, -0.1) is 0 Å². The third-order valence-corrected chi connectivity index (χ3v) is 3.87. The van der Waals surface area contributed by atoms with Gasteiger partial charge in [0.25, 0.3) is 0 Å². The fraction of sp³-hybridized carbons (Fsp3) is 0.0556. The fourth-order valence-electron chi connectivity index (χ4n) is 2.26. The van der Waals surface area contributed by atoms with E-state index < -0.39 is 0 Å². The Balaban J connectivity index is 2.14. The van der Waals surface area contributed by atoms with Crippen molar-refractivity contribution in [3.8, 4) is 17.6 Å². The molecular weight excluding hydrogens is 326 g/mol. The first-order valence-corrected chi connectivity index (χ1v) is 7.34. The zero-order valence-electron chi connectivity index (χ0n) is 11.4. The topological polar surface area (TPSA) is 33.0 Å². The van der Waals surface area contributed by atoms with Crippen molar-refractivity contribution in [3.05, 3.63) is 70.2 Å². The molecule has 0 aromatic heterocycles. The van der Waals surface area contributed by atoms with Crippen LogP contribution in [0.3, 0.4) is 0 Å². The van der Waals surface area contributed by atoms with Gasteiger partial charge in [-0.05, 0) is 36.8 Å². The van der Waals surface area contributed by atoms with Gasteiger partial charge in [0, 0.05) is 15.2 Å². The first-order valence-electron chi connectivity index (χ1n) is 6.55. The molecule has 2 nitrogen and oxygen atoms in total. The monoisotopic (exact) mass is 337 g/mol. The minimum atomic E-state index is 0.656. The minimum absolute atomic E-state index is 0.656. The molecule has 0 atom stereocenters. The molecule has 0 aliphatic heterocycles. The Morgan fingerprint density at radius 2 is 1.71 bits per heavy atom. The molecule has 0 aliphatic rings. The normalized spacial score (nSPS) is 10.3. The van der Waals surface area contributed by atoms with Crippen LogP contribution in [0.25, 0.3) is 10.8 Å². The Hall–Kier alpha value is -2.31. The van der Waals surface area contributed by atoms with Crippen LogP contribution in [0.5, 0.6) is 11.5 Å². The van der Waals surface area contributed by atoms with Gasteiger partial charge in [0.2, 0.25) is 0 Å². The smallest absolute Gasteiger partial charge is 0.135 e. The van der Waals surface area contributed by atoms with Gasteiger partial charge in [0.05, 0.1) is 11.6 Å². The molecule has 0 aliphatic carbocycles. The average Bonchev–Trinajstić information content (AvgIpc) is 2.51. The number of ether oxygens (including phenoxy) is 1. The SMILES string of the molecule is Cc1ccc(Br)cc1Oc1ccc(C#N)c2ccccc12. The van der Waals surface area contributed by atoms with Crippen LogP contribution in [-0.2, 0) is 0 Å². The summed E-state index contributed by atoms with van der Waals surface area (Å²) in [6, 6.07) is 19.6. The number of rotatable bonds is 2.